The van der Waals surface area contributed by atoms with E-state index in [0.29, 0.717) is 25.2 Å². The van der Waals surface area contributed by atoms with Crippen LogP contribution in [0.25, 0.3) is 0 Å². The standard InChI is InChI=1S/C22H26N4O4S2/c1-16-20(17(2)30-23-16)15-25-9-11-26(12-10-25)21(27)14-18-5-7-19(8-6-18)24-32(28,29)22-4-3-13-31-22/h3-8,13,24H,9-12,14-15H2,1-2H3. The highest BCUT2D eigenvalue weighted by atomic mass is 32.2. The molecule has 0 atom stereocenters. The molecule has 1 fully saturated rings. The number of sulfonamides is 1. The number of carbonyl (C=O) groups excluding carboxylic acids is 1. The summed E-state index contributed by atoms with van der Waals surface area (Å²) in [4.78, 5) is 16.9. The van der Waals surface area contributed by atoms with Gasteiger partial charge in [-0.3, -0.25) is 14.4 Å². The van der Waals surface area contributed by atoms with Crippen molar-refractivity contribution in [1.82, 2.24) is 15.0 Å². The molecule has 0 bridgehead atoms. The average molecular weight is 475 g/mol. The maximum Gasteiger partial charge on any atom is 0.271 e. The van der Waals surface area contributed by atoms with E-state index in [1.165, 1.54) is 11.3 Å². The number of nitrogens with zero attached hydrogens (tertiary/aromatic N) is 3. The minimum absolute atomic E-state index is 0.0777. The smallest absolute Gasteiger partial charge is 0.271 e. The third-order valence-electron chi connectivity index (χ3n) is 5.61. The number of hydrogen-bond donors (Lipinski definition) is 1. The molecule has 0 aliphatic carbocycles. The molecule has 1 aliphatic heterocycles. The summed E-state index contributed by atoms with van der Waals surface area (Å²) in [5.41, 5.74) is 3.37. The highest BCUT2D eigenvalue weighted by Gasteiger charge is 2.23. The number of rotatable bonds is 7. The highest BCUT2D eigenvalue weighted by Crippen LogP contribution is 2.21. The number of benzene rings is 1. The Balaban J connectivity index is 1.28. The largest absolute Gasteiger partial charge is 0.361 e. The van der Waals surface area contributed by atoms with Crippen LogP contribution in [0.4, 0.5) is 5.69 Å². The number of amides is 1. The van der Waals surface area contributed by atoms with Gasteiger partial charge in [-0.1, -0.05) is 23.4 Å². The molecule has 0 saturated carbocycles. The molecule has 1 saturated heterocycles. The second-order valence-corrected chi connectivity index (χ2v) is 10.7. The summed E-state index contributed by atoms with van der Waals surface area (Å²) in [5.74, 6) is 0.927. The van der Waals surface area contributed by atoms with Crippen LogP contribution in [0.1, 0.15) is 22.6 Å². The lowest BCUT2D eigenvalue weighted by atomic mass is 10.1. The Labute approximate surface area is 191 Å². The summed E-state index contributed by atoms with van der Waals surface area (Å²) in [6.45, 7) is 7.63. The summed E-state index contributed by atoms with van der Waals surface area (Å²) in [5, 5.41) is 5.73. The van der Waals surface area contributed by atoms with Gasteiger partial charge in [-0.25, -0.2) is 8.42 Å². The fourth-order valence-electron chi connectivity index (χ4n) is 3.71. The molecular weight excluding hydrogens is 448 g/mol. The zero-order chi connectivity index (χ0) is 22.7. The number of aryl methyl sites for hydroxylation is 2. The molecule has 1 aromatic carbocycles. The van der Waals surface area contributed by atoms with Crippen molar-refractivity contribution in [3.05, 3.63) is 64.4 Å². The first kappa shape index (κ1) is 22.5. The fourth-order valence-corrected chi connectivity index (χ4v) is 5.76. The lowest BCUT2D eigenvalue weighted by Gasteiger charge is -2.34. The summed E-state index contributed by atoms with van der Waals surface area (Å²) in [6, 6.07) is 10.2. The SMILES string of the molecule is Cc1noc(C)c1CN1CCN(C(=O)Cc2ccc(NS(=O)(=O)c3cccs3)cc2)CC1. The van der Waals surface area contributed by atoms with E-state index in [1.807, 2.05) is 18.7 Å². The monoisotopic (exact) mass is 474 g/mol. The van der Waals surface area contributed by atoms with Crippen LogP contribution in [0.2, 0.25) is 0 Å². The number of nitrogens with one attached hydrogen (secondary N) is 1. The van der Waals surface area contributed by atoms with E-state index in [0.717, 1.165) is 42.2 Å². The van der Waals surface area contributed by atoms with E-state index in [2.05, 4.69) is 14.8 Å². The van der Waals surface area contributed by atoms with Crippen LogP contribution in [-0.2, 0) is 27.8 Å². The van der Waals surface area contributed by atoms with E-state index < -0.39 is 10.0 Å². The van der Waals surface area contributed by atoms with Gasteiger partial charge in [0, 0.05) is 44.0 Å². The molecule has 1 aliphatic rings. The minimum Gasteiger partial charge on any atom is -0.361 e. The molecule has 1 amide bonds. The predicted molar refractivity (Wildman–Crippen MR) is 123 cm³/mol. The lowest BCUT2D eigenvalue weighted by Crippen LogP contribution is -2.48. The summed E-state index contributed by atoms with van der Waals surface area (Å²) < 4.78 is 32.7. The second kappa shape index (κ2) is 9.43. The van der Waals surface area contributed by atoms with Crippen molar-refractivity contribution >= 4 is 33.0 Å². The van der Waals surface area contributed by atoms with Crippen molar-refractivity contribution in [2.24, 2.45) is 0 Å². The van der Waals surface area contributed by atoms with E-state index in [1.54, 1.807) is 41.8 Å². The molecule has 2 aromatic heterocycles. The lowest BCUT2D eigenvalue weighted by molar-refractivity contribution is -0.132. The van der Waals surface area contributed by atoms with Crippen molar-refractivity contribution in [3.63, 3.8) is 0 Å². The number of anilines is 1. The molecule has 10 heteroatoms. The normalized spacial score (nSPS) is 15.1. The van der Waals surface area contributed by atoms with Gasteiger partial charge in [0.2, 0.25) is 5.91 Å². The Morgan fingerprint density at radius 2 is 1.84 bits per heavy atom. The van der Waals surface area contributed by atoms with Crippen molar-refractivity contribution in [2.75, 3.05) is 30.9 Å². The molecule has 4 rings (SSSR count). The van der Waals surface area contributed by atoms with Crippen molar-refractivity contribution in [3.8, 4) is 0 Å². The highest BCUT2D eigenvalue weighted by molar-refractivity contribution is 7.94. The van der Waals surface area contributed by atoms with Gasteiger partial charge in [-0.15, -0.1) is 11.3 Å². The first-order chi connectivity index (χ1) is 15.3. The van der Waals surface area contributed by atoms with Gasteiger partial charge in [-0.2, -0.15) is 0 Å². The molecular formula is C22H26N4O4S2. The van der Waals surface area contributed by atoms with Crippen LogP contribution in [0.5, 0.6) is 0 Å². The van der Waals surface area contributed by atoms with Crippen molar-refractivity contribution in [1.29, 1.82) is 0 Å². The fraction of sp³-hybridized carbons (Fsp3) is 0.364. The van der Waals surface area contributed by atoms with Crippen LogP contribution < -0.4 is 4.72 Å². The second-order valence-electron chi connectivity index (χ2n) is 7.87. The average Bonchev–Trinajstić information content (AvgIpc) is 3.42. The minimum atomic E-state index is -3.57. The Bertz CT molecular complexity index is 1140. The quantitative estimate of drug-likeness (QED) is 0.566. The van der Waals surface area contributed by atoms with E-state index in [9.17, 15) is 13.2 Å². The number of hydrogen-bond acceptors (Lipinski definition) is 7. The third kappa shape index (κ3) is 5.20. The van der Waals surface area contributed by atoms with Crippen LogP contribution in [-0.4, -0.2) is 55.5 Å². The molecule has 3 aromatic rings. The number of piperazine rings is 1. The first-order valence-corrected chi connectivity index (χ1v) is 12.8. The molecule has 3 heterocycles. The van der Waals surface area contributed by atoms with Crippen molar-refractivity contribution < 1.29 is 17.7 Å². The predicted octanol–water partition coefficient (Wildman–Crippen LogP) is 3.04. The molecule has 1 N–H and O–H groups in total. The Morgan fingerprint density at radius 3 is 2.44 bits per heavy atom. The van der Waals surface area contributed by atoms with E-state index in [4.69, 9.17) is 4.52 Å². The van der Waals surface area contributed by atoms with Crippen LogP contribution in [0, 0.1) is 13.8 Å². The van der Waals surface area contributed by atoms with Gasteiger partial charge in [-0.05, 0) is 43.0 Å². The van der Waals surface area contributed by atoms with E-state index in [-0.39, 0.29) is 10.1 Å². The van der Waals surface area contributed by atoms with Gasteiger partial charge in [0.05, 0.1) is 12.1 Å². The van der Waals surface area contributed by atoms with Crippen molar-refractivity contribution in [2.45, 2.75) is 31.0 Å². The molecule has 170 valence electrons. The maximum atomic E-state index is 12.7. The van der Waals surface area contributed by atoms with Gasteiger partial charge in [0.15, 0.2) is 0 Å². The van der Waals surface area contributed by atoms with Gasteiger partial charge in [0.25, 0.3) is 10.0 Å². The molecule has 0 spiro atoms. The third-order valence-corrected chi connectivity index (χ3v) is 8.39. The summed E-state index contributed by atoms with van der Waals surface area (Å²) in [6.07, 6.45) is 0.293. The summed E-state index contributed by atoms with van der Waals surface area (Å²) >= 11 is 1.17. The van der Waals surface area contributed by atoms with Gasteiger partial charge < -0.3 is 9.42 Å². The zero-order valence-electron chi connectivity index (χ0n) is 18.1. The Morgan fingerprint density at radius 1 is 1.12 bits per heavy atom. The van der Waals surface area contributed by atoms with Gasteiger partial charge >= 0.3 is 0 Å². The summed E-state index contributed by atoms with van der Waals surface area (Å²) in [7, 11) is -3.57. The van der Waals surface area contributed by atoms with Crippen LogP contribution in [0.3, 0.4) is 0 Å². The number of thiophene rings is 1. The molecule has 0 radical (unpaired) electrons. The Kier molecular flexibility index (Phi) is 6.63. The first-order valence-electron chi connectivity index (χ1n) is 10.4. The van der Waals surface area contributed by atoms with Crippen LogP contribution >= 0.6 is 11.3 Å². The van der Waals surface area contributed by atoms with Crippen LogP contribution in [0.15, 0.2) is 50.5 Å². The zero-order valence-corrected chi connectivity index (χ0v) is 19.7. The number of aromatic nitrogens is 1. The number of carbonyl (C=O) groups is 1. The Hall–Kier alpha value is -2.69. The molecule has 32 heavy (non-hydrogen) atoms. The van der Waals surface area contributed by atoms with Gasteiger partial charge in [0.1, 0.15) is 9.97 Å². The molecule has 8 nitrogen and oxygen atoms in total. The topological polar surface area (TPSA) is 95.8 Å². The maximum absolute atomic E-state index is 12.7. The molecule has 0 unspecified atom stereocenters. The van der Waals surface area contributed by atoms with E-state index >= 15 is 0 Å².